The fourth-order valence-electron chi connectivity index (χ4n) is 1.82. The smallest absolute Gasteiger partial charge is 0.337 e. The summed E-state index contributed by atoms with van der Waals surface area (Å²) in [5, 5.41) is 0. The van der Waals surface area contributed by atoms with Crippen LogP contribution in [0.2, 0.25) is 0 Å². The van der Waals surface area contributed by atoms with Crippen LogP contribution in [0.25, 0.3) is 0 Å². The second kappa shape index (κ2) is 5.53. The van der Waals surface area contributed by atoms with Crippen molar-refractivity contribution in [2.24, 2.45) is 11.8 Å². The molecular weight excluding hydrogens is 196 g/mol. The second-order valence-corrected chi connectivity index (χ2v) is 3.54. The third-order valence-electron chi connectivity index (χ3n) is 2.74. The molecule has 0 amide bonds. The van der Waals surface area contributed by atoms with Gasteiger partial charge in [-0.15, -0.1) is 0 Å². The molecule has 0 aromatic heterocycles. The summed E-state index contributed by atoms with van der Waals surface area (Å²) in [6, 6.07) is 0. The van der Waals surface area contributed by atoms with E-state index < -0.39 is 5.97 Å². The SMILES string of the molecule is CC[C@@H](C=O)[C@@H]1CCOC=C1C(=O)OC. The monoisotopic (exact) mass is 212 g/mol. The van der Waals surface area contributed by atoms with Gasteiger partial charge in [-0.3, -0.25) is 0 Å². The number of hydrogen-bond acceptors (Lipinski definition) is 4. The van der Waals surface area contributed by atoms with Gasteiger partial charge in [-0.05, 0) is 12.8 Å². The second-order valence-electron chi connectivity index (χ2n) is 3.54. The Kier molecular flexibility index (Phi) is 4.34. The molecule has 0 saturated carbocycles. The molecule has 0 aromatic rings. The maximum atomic E-state index is 11.4. The lowest BCUT2D eigenvalue weighted by molar-refractivity contribution is -0.137. The quantitative estimate of drug-likeness (QED) is 0.520. The molecule has 4 nitrogen and oxygen atoms in total. The van der Waals surface area contributed by atoms with Crippen LogP contribution < -0.4 is 0 Å². The Bertz CT molecular complexity index is 270. The number of ether oxygens (including phenoxy) is 2. The molecule has 84 valence electrons. The Morgan fingerprint density at radius 1 is 1.80 bits per heavy atom. The minimum Gasteiger partial charge on any atom is -0.501 e. The molecule has 0 aromatic carbocycles. The highest BCUT2D eigenvalue weighted by molar-refractivity contribution is 5.89. The predicted molar refractivity (Wildman–Crippen MR) is 54.0 cm³/mol. The van der Waals surface area contributed by atoms with Gasteiger partial charge in [-0.2, -0.15) is 0 Å². The molecule has 0 bridgehead atoms. The molecule has 1 rings (SSSR count). The van der Waals surface area contributed by atoms with Crippen molar-refractivity contribution in [3.8, 4) is 0 Å². The Morgan fingerprint density at radius 3 is 3.07 bits per heavy atom. The average Bonchev–Trinajstić information content (AvgIpc) is 2.30. The van der Waals surface area contributed by atoms with Crippen molar-refractivity contribution in [3.05, 3.63) is 11.8 Å². The van der Waals surface area contributed by atoms with Crippen molar-refractivity contribution in [1.82, 2.24) is 0 Å². The van der Waals surface area contributed by atoms with Crippen LogP contribution in [0.15, 0.2) is 11.8 Å². The van der Waals surface area contributed by atoms with Crippen LogP contribution in [0.4, 0.5) is 0 Å². The van der Waals surface area contributed by atoms with Gasteiger partial charge in [0, 0.05) is 11.8 Å². The molecule has 0 spiro atoms. The highest BCUT2D eigenvalue weighted by Crippen LogP contribution is 2.29. The zero-order valence-corrected chi connectivity index (χ0v) is 9.06. The van der Waals surface area contributed by atoms with Crippen LogP contribution in [-0.2, 0) is 19.1 Å². The minimum atomic E-state index is -0.403. The Hall–Kier alpha value is -1.32. The molecule has 2 atom stereocenters. The summed E-state index contributed by atoms with van der Waals surface area (Å²) in [4.78, 5) is 22.3. The van der Waals surface area contributed by atoms with Crippen molar-refractivity contribution in [2.75, 3.05) is 13.7 Å². The van der Waals surface area contributed by atoms with Gasteiger partial charge in [-0.25, -0.2) is 4.79 Å². The summed E-state index contributed by atoms with van der Waals surface area (Å²) in [6.07, 6.45) is 3.75. The van der Waals surface area contributed by atoms with Gasteiger partial charge in [0.1, 0.15) is 6.29 Å². The molecule has 0 radical (unpaired) electrons. The van der Waals surface area contributed by atoms with Crippen LogP contribution in [0.1, 0.15) is 19.8 Å². The summed E-state index contributed by atoms with van der Waals surface area (Å²) in [5.41, 5.74) is 0.475. The Balaban J connectivity index is 2.85. The largest absolute Gasteiger partial charge is 0.501 e. The molecule has 15 heavy (non-hydrogen) atoms. The molecule has 1 aliphatic rings. The van der Waals surface area contributed by atoms with Gasteiger partial charge < -0.3 is 14.3 Å². The lowest BCUT2D eigenvalue weighted by Crippen LogP contribution is -2.27. The Morgan fingerprint density at radius 2 is 2.53 bits per heavy atom. The first-order valence-corrected chi connectivity index (χ1v) is 5.09. The third kappa shape index (κ3) is 2.58. The van der Waals surface area contributed by atoms with E-state index in [1.165, 1.54) is 13.4 Å². The predicted octanol–water partition coefficient (Wildman–Crippen LogP) is 1.30. The van der Waals surface area contributed by atoms with Crippen molar-refractivity contribution >= 4 is 12.3 Å². The van der Waals surface area contributed by atoms with Gasteiger partial charge >= 0.3 is 5.97 Å². The number of hydrogen-bond donors (Lipinski definition) is 0. The summed E-state index contributed by atoms with van der Waals surface area (Å²) in [6.45, 7) is 2.49. The molecule has 0 N–H and O–H groups in total. The van der Waals surface area contributed by atoms with E-state index in [-0.39, 0.29) is 11.8 Å². The fourth-order valence-corrected chi connectivity index (χ4v) is 1.82. The summed E-state index contributed by atoms with van der Waals surface area (Å²) in [5.74, 6) is -0.590. The van der Waals surface area contributed by atoms with E-state index in [4.69, 9.17) is 4.74 Å². The lowest BCUT2D eigenvalue weighted by Gasteiger charge is -2.26. The molecule has 0 unspecified atom stereocenters. The first-order chi connectivity index (χ1) is 7.24. The van der Waals surface area contributed by atoms with Crippen molar-refractivity contribution in [3.63, 3.8) is 0 Å². The van der Waals surface area contributed by atoms with Crippen LogP contribution >= 0.6 is 0 Å². The zero-order valence-electron chi connectivity index (χ0n) is 9.06. The molecule has 0 aliphatic carbocycles. The molecule has 1 aliphatic heterocycles. The molecule has 0 saturated heterocycles. The summed E-state index contributed by atoms with van der Waals surface area (Å²) >= 11 is 0. The van der Waals surface area contributed by atoms with E-state index in [0.29, 0.717) is 18.6 Å². The average molecular weight is 212 g/mol. The van der Waals surface area contributed by atoms with E-state index in [1.807, 2.05) is 6.92 Å². The first-order valence-electron chi connectivity index (χ1n) is 5.09. The number of esters is 1. The van der Waals surface area contributed by atoms with Crippen molar-refractivity contribution in [2.45, 2.75) is 19.8 Å². The highest BCUT2D eigenvalue weighted by Gasteiger charge is 2.31. The number of carbonyl (C=O) groups excluding carboxylic acids is 2. The summed E-state index contributed by atoms with van der Waals surface area (Å²) < 4.78 is 9.75. The fraction of sp³-hybridized carbons (Fsp3) is 0.636. The van der Waals surface area contributed by atoms with Gasteiger partial charge in [0.15, 0.2) is 0 Å². The zero-order chi connectivity index (χ0) is 11.3. The minimum absolute atomic E-state index is 0.0614. The van der Waals surface area contributed by atoms with Gasteiger partial charge in [0.05, 0.1) is 25.6 Å². The van der Waals surface area contributed by atoms with Crippen molar-refractivity contribution < 1.29 is 19.1 Å². The van der Waals surface area contributed by atoms with E-state index in [0.717, 1.165) is 12.7 Å². The standard InChI is InChI=1S/C11H16O4/c1-3-8(6-12)9-4-5-15-7-10(9)11(13)14-2/h6-9H,3-5H2,1-2H3/t8-,9-/m0/s1. The number of methoxy groups -OCH3 is 1. The highest BCUT2D eigenvalue weighted by atomic mass is 16.5. The maximum absolute atomic E-state index is 11.4. The normalized spacial score (nSPS) is 22.3. The lowest BCUT2D eigenvalue weighted by atomic mass is 9.82. The van der Waals surface area contributed by atoms with E-state index in [2.05, 4.69) is 4.74 Å². The maximum Gasteiger partial charge on any atom is 0.337 e. The van der Waals surface area contributed by atoms with Crippen molar-refractivity contribution in [1.29, 1.82) is 0 Å². The number of carbonyl (C=O) groups is 2. The van der Waals surface area contributed by atoms with Crippen LogP contribution in [0, 0.1) is 11.8 Å². The first kappa shape index (κ1) is 11.8. The van der Waals surface area contributed by atoms with Crippen LogP contribution in [-0.4, -0.2) is 26.0 Å². The topological polar surface area (TPSA) is 52.6 Å². The molecule has 1 heterocycles. The molecule has 0 fully saturated rings. The van der Waals surface area contributed by atoms with E-state index in [1.54, 1.807) is 0 Å². The third-order valence-corrected chi connectivity index (χ3v) is 2.74. The van der Waals surface area contributed by atoms with Gasteiger partial charge in [0.2, 0.25) is 0 Å². The van der Waals surface area contributed by atoms with Crippen LogP contribution in [0.5, 0.6) is 0 Å². The van der Waals surface area contributed by atoms with E-state index >= 15 is 0 Å². The van der Waals surface area contributed by atoms with E-state index in [9.17, 15) is 9.59 Å². The Labute approximate surface area is 89.2 Å². The van der Waals surface area contributed by atoms with Gasteiger partial charge in [-0.1, -0.05) is 6.92 Å². The molecule has 4 heteroatoms. The summed E-state index contributed by atoms with van der Waals surface area (Å²) in [7, 11) is 1.33. The van der Waals surface area contributed by atoms with Gasteiger partial charge in [0.25, 0.3) is 0 Å². The number of aldehydes is 1. The van der Waals surface area contributed by atoms with Crippen LogP contribution in [0.3, 0.4) is 0 Å². The molecular formula is C11H16O4. The number of rotatable bonds is 4.